The molecule has 1 aromatic rings. The topological polar surface area (TPSA) is 81.4 Å². The largest absolute Gasteiger partial charge is 0.495 e. The summed E-state index contributed by atoms with van der Waals surface area (Å²) in [5, 5.41) is 0. The van der Waals surface area contributed by atoms with Crippen LogP contribution in [0.1, 0.15) is 44.6 Å². The monoisotopic (exact) mass is 312 g/mol. The average molecular weight is 312 g/mol. The first-order valence-corrected chi connectivity index (χ1v) is 8.79. The fraction of sp³-hybridized carbons (Fsp3) is 0.600. The molecular weight excluding hydrogens is 288 g/mol. The van der Waals surface area contributed by atoms with Crippen molar-refractivity contribution < 1.29 is 13.2 Å². The molecule has 2 rings (SSSR count). The van der Waals surface area contributed by atoms with Crippen LogP contribution in [-0.4, -0.2) is 21.1 Å². The van der Waals surface area contributed by atoms with Crippen LogP contribution in [0.3, 0.4) is 0 Å². The summed E-state index contributed by atoms with van der Waals surface area (Å²) in [6.07, 6.45) is 5.03. The van der Waals surface area contributed by atoms with E-state index in [0.717, 1.165) is 31.2 Å². The number of ether oxygens (including phenoxy) is 1. The van der Waals surface area contributed by atoms with Gasteiger partial charge in [-0.05, 0) is 37.5 Å². The maximum atomic E-state index is 12.7. The molecule has 0 saturated heterocycles. The molecular formula is C15H24N2O3S. The smallest absolute Gasteiger partial charge is 0.244 e. The third kappa shape index (κ3) is 3.75. The SMILES string of the molecule is COc1cc(CN)ccc1S(=O)(=O)NC1(C)CCCCC1. The van der Waals surface area contributed by atoms with E-state index in [1.165, 1.54) is 13.5 Å². The lowest BCUT2D eigenvalue weighted by molar-refractivity contribution is 0.293. The fourth-order valence-corrected chi connectivity index (χ4v) is 4.49. The van der Waals surface area contributed by atoms with Gasteiger partial charge in [0, 0.05) is 12.1 Å². The number of methoxy groups -OCH3 is 1. The van der Waals surface area contributed by atoms with Gasteiger partial charge in [-0.2, -0.15) is 0 Å². The van der Waals surface area contributed by atoms with Crippen molar-refractivity contribution in [2.75, 3.05) is 7.11 Å². The molecule has 0 aromatic heterocycles. The van der Waals surface area contributed by atoms with Crippen molar-refractivity contribution in [1.29, 1.82) is 0 Å². The number of hydrogen-bond acceptors (Lipinski definition) is 4. The van der Waals surface area contributed by atoms with Crippen LogP contribution >= 0.6 is 0 Å². The minimum absolute atomic E-state index is 0.175. The zero-order valence-corrected chi connectivity index (χ0v) is 13.5. The van der Waals surface area contributed by atoms with E-state index in [2.05, 4.69) is 4.72 Å². The number of benzene rings is 1. The highest BCUT2D eigenvalue weighted by atomic mass is 32.2. The minimum Gasteiger partial charge on any atom is -0.495 e. The van der Waals surface area contributed by atoms with Crippen LogP contribution in [-0.2, 0) is 16.6 Å². The van der Waals surface area contributed by atoms with Gasteiger partial charge in [-0.15, -0.1) is 0 Å². The Balaban J connectivity index is 2.30. The number of nitrogens with two attached hydrogens (primary N) is 1. The van der Waals surface area contributed by atoms with Gasteiger partial charge >= 0.3 is 0 Å². The Morgan fingerprint density at radius 1 is 1.29 bits per heavy atom. The zero-order valence-electron chi connectivity index (χ0n) is 12.7. The first-order chi connectivity index (χ1) is 9.90. The molecule has 0 unspecified atom stereocenters. The highest BCUT2D eigenvalue weighted by Crippen LogP contribution is 2.31. The lowest BCUT2D eigenvalue weighted by Crippen LogP contribution is -2.47. The van der Waals surface area contributed by atoms with Gasteiger partial charge in [0.05, 0.1) is 7.11 Å². The summed E-state index contributed by atoms with van der Waals surface area (Å²) >= 11 is 0. The molecule has 0 spiro atoms. The van der Waals surface area contributed by atoms with Gasteiger partial charge in [0.25, 0.3) is 0 Å². The lowest BCUT2D eigenvalue weighted by Gasteiger charge is -2.34. The van der Waals surface area contributed by atoms with E-state index in [1.54, 1.807) is 18.2 Å². The van der Waals surface area contributed by atoms with Crippen molar-refractivity contribution in [1.82, 2.24) is 4.72 Å². The second kappa shape index (κ2) is 6.34. The highest BCUT2D eigenvalue weighted by molar-refractivity contribution is 7.89. The number of sulfonamides is 1. The van der Waals surface area contributed by atoms with Crippen LogP contribution in [0.5, 0.6) is 5.75 Å². The van der Waals surface area contributed by atoms with Gasteiger partial charge in [-0.1, -0.05) is 25.3 Å². The molecule has 1 aliphatic carbocycles. The van der Waals surface area contributed by atoms with Crippen molar-refractivity contribution in [3.05, 3.63) is 23.8 Å². The minimum atomic E-state index is -3.60. The van der Waals surface area contributed by atoms with Crippen LogP contribution in [0.4, 0.5) is 0 Å². The molecule has 0 heterocycles. The van der Waals surface area contributed by atoms with Gasteiger partial charge in [-0.3, -0.25) is 0 Å². The summed E-state index contributed by atoms with van der Waals surface area (Å²) in [5.74, 6) is 0.338. The van der Waals surface area contributed by atoms with E-state index < -0.39 is 10.0 Å². The summed E-state index contributed by atoms with van der Waals surface area (Å²) < 4.78 is 33.4. The molecule has 1 aromatic carbocycles. The third-order valence-corrected chi connectivity index (χ3v) is 5.77. The van der Waals surface area contributed by atoms with E-state index >= 15 is 0 Å². The van der Waals surface area contributed by atoms with E-state index in [9.17, 15) is 8.42 Å². The van der Waals surface area contributed by atoms with E-state index in [0.29, 0.717) is 12.3 Å². The molecule has 0 radical (unpaired) electrons. The number of hydrogen-bond donors (Lipinski definition) is 2. The zero-order chi connectivity index (χ0) is 15.5. The Bertz CT molecular complexity index is 593. The average Bonchev–Trinajstić information content (AvgIpc) is 2.46. The van der Waals surface area contributed by atoms with Crippen molar-refractivity contribution in [2.24, 2.45) is 5.73 Å². The maximum absolute atomic E-state index is 12.7. The molecule has 6 heteroatoms. The first-order valence-electron chi connectivity index (χ1n) is 7.31. The molecule has 1 aliphatic rings. The van der Waals surface area contributed by atoms with E-state index in [1.807, 2.05) is 6.92 Å². The summed E-state index contributed by atoms with van der Waals surface area (Å²) in [4.78, 5) is 0.175. The quantitative estimate of drug-likeness (QED) is 0.873. The molecule has 0 atom stereocenters. The van der Waals surface area contributed by atoms with Crippen LogP contribution in [0, 0.1) is 0 Å². The Kier molecular flexibility index (Phi) is 4.91. The van der Waals surface area contributed by atoms with Crippen molar-refractivity contribution in [3.63, 3.8) is 0 Å². The number of nitrogens with one attached hydrogen (secondary N) is 1. The Morgan fingerprint density at radius 2 is 1.95 bits per heavy atom. The van der Waals surface area contributed by atoms with Crippen molar-refractivity contribution in [2.45, 2.75) is 56.0 Å². The van der Waals surface area contributed by atoms with Gasteiger partial charge in [0.1, 0.15) is 10.6 Å². The molecule has 1 saturated carbocycles. The van der Waals surface area contributed by atoms with Crippen molar-refractivity contribution in [3.8, 4) is 5.75 Å². The summed E-state index contributed by atoms with van der Waals surface area (Å²) in [5.41, 5.74) is 6.06. The standard InChI is InChI=1S/C15H24N2O3S/c1-15(8-4-3-5-9-15)17-21(18,19)14-7-6-12(11-16)10-13(14)20-2/h6-7,10,17H,3-5,8-9,11,16H2,1-2H3. The fourth-order valence-electron chi connectivity index (χ4n) is 2.87. The van der Waals surface area contributed by atoms with Gasteiger partial charge in [0.2, 0.25) is 10.0 Å². The van der Waals surface area contributed by atoms with Crippen LogP contribution < -0.4 is 15.2 Å². The molecule has 5 nitrogen and oxygen atoms in total. The van der Waals surface area contributed by atoms with Crippen molar-refractivity contribution >= 4 is 10.0 Å². The molecule has 0 aliphatic heterocycles. The summed E-state index contributed by atoms with van der Waals surface area (Å²) in [7, 11) is -2.13. The van der Waals surface area contributed by atoms with E-state index in [-0.39, 0.29) is 10.4 Å². The predicted octanol–water partition coefficient (Wildman–Crippen LogP) is 2.16. The predicted molar refractivity (Wildman–Crippen MR) is 82.7 cm³/mol. The van der Waals surface area contributed by atoms with Gasteiger partial charge < -0.3 is 10.5 Å². The molecule has 118 valence electrons. The Morgan fingerprint density at radius 3 is 2.52 bits per heavy atom. The summed E-state index contributed by atoms with van der Waals surface area (Å²) in [6.45, 7) is 2.33. The maximum Gasteiger partial charge on any atom is 0.244 e. The lowest BCUT2D eigenvalue weighted by atomic mass is 9.84. The normalized spacial score (nSPS) is 18.4. The van der Waals surface area contributed by atoms with Gasteiger partial charge in [0.15, 0.2) is 0 Å². The third-order valence-electron chi connectivity index (χ3n) is 4.09. The van der Waals surface area contributed by atoms with Crippen LogP contribution in [0.25, 0.3) is 0 Å². The van der Waals surface area contributed by atoms with Crippen LogP contribution in [0.2, 0.25) is 0 Å². The highest BCUT2D eigenvalue weighted by Gasteiger charge is 2.33. The molecule has 1 fully saturated rings. The van der Waals surface area contributed by atoms with Crippen LogP contribution in [0.15, 0.2) is 23.1 Å². The molecule has 21 heavy (non-hydrogen) atoms. The Hall–Kier alpha value is -1.11. The molecule has 0 bridgehead atoms. The second-order valence-corrected chi connectivity index (χ2v) is 7.57. The molecule has 0 amide bonds. The Labute approximate surface area is 126 Å². The summed E-state index contributed by atoms with van der Waals surface area (Å²) in [6, 6.07) is 4.97. The number of rotatable bonds is 5. The second-order valence-electron chi connectivity index (χ2n) is 5.92. The molecule has 3 N–H and O–H groups in total. The first kappa shape index (κ1) is 16.3. The van der Waals surface area contributed by atoms with E-state index in [4.69, 9.17) is 10.5 Å². The van der Waals surface area contributed by atoms with Gasteiger partial charge in [-0.25, -0.2) is 13.1 Å².